The van der Waals surface area contributed by atoms with E-state index in [0.29, 0.717) is 17.5 Å². The molecular formula is C42H25N4O-. The molecule has 0 N–H and O–H groups in total. The number of fused-ring (bicyclic) bond motifs is 9. The summed E-state index contributed by atoms with van der Waals surface area (Å²) >= 11 is 0. The zero-order chi connectivity index (χ0) is 30.9. The Balaban J connectivity index is 1.24. The van der Waals surface area contributed by atoms with Crippen LogP contribution >= 0.6 is 0 Å². The molecule has 220 valence electrons. The molecule has 0 amide bonds. The minimum Gasteiger partial charge on any atom is -0.678 e. The van der Waals surface area contributed by atoms with Gasteiger partial charge in [-0.3, -0.25) is 0 Å². The van der Waals surface area contributed by atoms with Gasteiger partial charge in [0.25, 0.3) is 0 Å². The van der Waals surface area contributed by atoms with Crippen LogP contribution in [-0.4, -0.2) is 15.0 Å². The summed E-state index contributed by atoms with van der Waals surface area (Å²) < 4.78 is 6.24. The van der Waals surface area contributed by atoms with Crippen molar-refractivity contribution in [3.05, 3.63) is 162 Å². The molecular weight excluding hydrogens is 576 g/mol. The Morgan fingerprint density at radius 2 is 1.26 bits per heavy atom. The lowest BCUT2D eigenvalue weighted by molar-refractivity contribution is 0.594. The number of benzene rings is 7. The summed E-state index contributed by atoms with van der Waals surface area (Å²) in [6.07, 6.45) is 3.71. The SMILES string of the molecule is C1=Cc2oc3ccccc3c2C(c2nc(-c3ccc4ccccc4c3)nc(-c3cccc4c3ccc3ccc5ccccc5c34)n2)[N-]1. The number of furan rings is 1. The first-order valence-electron chi connectivity index (χ1n) is 15.8. The van der Waals surface area contributed by atoms with Crippen molar-refractivity contribution < 1.29 is 4.42 Å². The predicted molar refractivity (Wildman–Crippen MR) is 191 cm³/mol. The summed E-state index contributed by atoms with van der Waals surface area (Å²) in [5.74, 6) is 2.59. The van der Waals surface area contributed by atoms with Crippen LogP contribution in [0, 0.1) is 0 Å². The number of aromatic nitrogens is 3. The third kappa shape index (κ3) is 4.07. The van der Waals surface area contributed by atoms with Crippen LogP contribution in [0.3, 0.4) is 0 Å². The van der Waals surface area contributed by atoms with Gasteiger partial charge in [0.1, 0.15) is 17.2 Å². The van der Waals surface area contributed by atoms with Crippen molar-refractivity contribution >= 4 is 60.1 Å². The molecule has 2 aromatic heterocycles. The number of hydrogen-bond acceptors (Lipinski definition) is 4. The normalized spacial score (nSPS) is 14.3. The van der Waals surface area contributed by atoms with Gasteiger partial charge < -0.3 is 9.73 Å². The van der Waals surface area contributed by atoms with Crippen LogP contribution in [0.1, 0.15) is 23.2 Å². The van der Waals surface area contributed by atoms with Gasteiger partial charge in [-0.15, -0.1) is 0 Å². The molecule has 3 heterocycles. The van der Waals surface area contributed by atoms with Crippen LogP contribution in [-0.2, 0) is 0 Å². The molecule has 1 aliphatic rings. The van der Waals surface area contributed by atoms with Gasteiger partial charge >= 0.3 is 0 Å². The third-order valence-electron chi connectivity index (χ3n) is 9.31. The van der Waals surface area contributed by atoms with E-state index in [2.05, 4.69) is 115 Å². The molecule has 9 aromatic rings. The Morgan fingerprint density at radius 1 is 0.532 bits per heavy atom. The Morgan fingerprint density at radius 3 is 2.19 bits per heavy atom. The van der Waals surface area contributed by atoms with Crippen LogP contribution in [0.4, 0.5) is 0 Å². The van der Waals surface area contributed by atoms with E-state index in [1.807, 2.05) is 24.3 Å². The van der Waals surface area contributed by atoms with Gasteiger partial charge in [0.2, 0.25) is 0 Å². The van der Waals surface area contributed by atoms with E-state index in [-0.39, 0.29) is 0 Å². The fraction of sp³-hybridized carbons (Fsp3) is 0.0238. The summed E-state index contributed by atoms with van der Waals surface area (Å²) in [6, 6.07) is 46.1. The molecule has 1 atom stereocenters. The number of para-hydroxylation sites is 1. The lowest BCUT2D eigenvalue weighted by atomic mass is 9.94. The maximum absolute atomic E-state index is 6.24. The highest BCUT2D eigenvalue weighted by Crippen LogP contribution is 2.43. The molecule has 0 bridgehead atoms. The Hall–Kier alpha value is -6.33. The van der Waals surface area contributed by atoms with E-state index < -0.39 is 6.04 Å². The molecule has 0 radical (unpaired) electrons. The second-order valence-electron chi connectivity index (χ2n) is 12.0. The van der Waals surface area contributed by atoms with Crippen molar-refractivity contribution in [2.75, 3.05) is 0 Å². The van der Waals surface area contributed by atoms with Gasteiger partial charge in [-0.25, -0.2) is 15.0 Å². The standard InChI is InChI=1S/C42H25N4O/c1-2-10-28-24-29(19-16-25(28)8-1)40-44-41(46-42(45-40)39-38-34-12-5-6-15-35(34)47-36(38)22-23-43-39)33-14-7-13-32-31(33)21-20-27-18-17-26-9-3-4-11-30(26)37(27)32/h1-24,39H/q-1. The van der Waals surface area contributed by atoms with Crippen molar-refractivity contribution in [1.29, 1.82) is 0 Å². The van der Waals surface area contributed by atoms with Crippen molar-refractivity contribution in [2.24, 2.45) is 0 Å². The molecule has 47 heavy (non-hydrogen) atoms. The zero-order valence-electron chi connectivity index (χ0n) is 25.1. The van der Waals surface area contributed by atoms with Crippen molar-refractivity contribution in [3.8, 4) is 22.8 Å². The number of hydrogen-bond donors (Lipinski definition) is 0. The molecule has 0 saturated heterocycles. The molecule has 1 unspecified atom stereocenters. The lowest BCUT2D eigenvalue weighted by Crippen LogP contribution is -2.11. The van der Waals surface area contributed by atoms with Crippen LogP contribution in [0.15, 0.2) is 144 Å². The fourth-order valence-electron chi connectivity index (χ4n) is 7.11. The Kier molecular flexibility index (Phi) is 5.57. The molecule has 10 rings (SSSR count). The summed E-state index contributed by atoms with van der Waals surface area (Å²) in [6.45, 7) is 0. The van der Waals surface area contributed by atoms with Crippen LogP contribution in [0.5, 0.6) is 0 Å². The highest BCUT2D eigenvalue weighted by molar-refractivity contribution is 6.22. The van der Waals surface area contributed by atoms with Crippen molar-refractivity contribution in [2.45, 2.75) is 6.04 Å². The summed E-state index contributed by atoms with van der Waals surface area (Å²) in [7, 11) is 0. The second kappa shape index (κ2) is 10.1. The quantitative estimate of drug-likeness (QED) is 0.189. The average Bonchev–Trinajstić information content (AvgIpc) is 3.53. The first-order chi connectivity index (χ1) is 23.3. The summed E-state index contributed by atoms with van der Waals surface area (Å²) in [5, 5.41) is 15.4. The highest BCUT2D eigenvalue weighted by Gasteiger charge is 2.23. The minimum absolute atomic E-state index is 0.445. The molecule has 0 fully saturated rings. The van der Waals surface area contributed by atoms with Crippen molar-refractivity contribution in [1.82, 2.24) is 15.0 Å². The van der Waals surface area contributed by atoms with Gasteiger partial charge in [0.05, 0.1) is 0 Å². The monoisotopic (exact) mass is 601 g/mol. The maximum Gasteiger partial charge on any atom is 0.164 e. The topological polar surface area (TPSA) is 65.9 Å². The summed E-state index contributed by atoms with van der Waals surface area (Å²) in [5.41, 5.74) is 3.67. The third-order valence-corrected chi connectivity index (χ3v) is 9.31. The fourth-order valence-corrected chi connectivity index (χ4v) is 7.11. The van der Waals surface area contributed by atoms with E-state index >= 15 is 0 Å². The van der Waals surface area contributed by atoms with Gasteiger partial charge in [-0.1, -0.05) is 121 Å². The molecule has 7 aromatic carbocycles. The molecule has 5 heteroatoms. The highest BCUT2D eigenvalue weighted by atomic mass is 16.3. The Labute approximate surface area is 269 Å². The Bertz CT molecular complexity index is 2740. The zero-order valence-corrected chi connectivity index (χ0v) is 25.1. The van der Waals surface area contributed by atoms with E-state index in [1.54, 1.807) is 6.20 Å². The van der Waals surface area contributed by atoms with E-state index in [1.165, 1.54) is 32.3 Å². The molecule has 5 nitrogen and oxygen atoms in total. The molecule has 0 spiro atoms. The minimum atomic E-state index is -0.445. The largest absolute Gasteiger partial charge is 0.678 e. The van der Waals surface area contributed by atoms with E-state index in [9.17, 15) is 0 Å². The van der Waals surface area contributed by atoms with Gasteiger partial charge in [0.15, 0.2) is 11.6 Å². The first kappa shape index (κ1) is 25.9. The van der Waals surface area contributed by atoms with Gasteiger partial charge in [-0.2, -0.15) is 6.20 Å². The molecule has 0 saturated carbocycles. The predicted octanol–water partition coefficient (Wildman–Crippen LogP) is 11.0. The van der Waals surface area contributed by atoms with Crippen LogP contribution in [0.25, 0.3) is 88.2 Å². The number of rotatable bonds is 3. The molecule has 1 aliphatic heterocycles. The average molecular weight is 602 g/mol. The first-order valence-corrected chi connectivity index (χ1v) is 15.8. The van der Waals surface area contributed by atoms with Crippen LogP contribution in [0.2, 0.25) is 0 Å². The molecule has 0 aliphatic carbocycles. The maximum atomic E-state index is 6.24. The summed E-state index contributed by atoms with van der Waals surface area (Å²) in [4.78, 5) is 15.5. The smallest absolute Gasteiger partial charge is 0.164 e. The van der Waals surface area contributed by atoms with Gasteiger partial charge in [0, 0.05) is 16.5 Å². The van der Waals surface area contributed by atoms with Gasteiger partial charge in [-0.05, 0) is 72.9 Å². The number of nitrogens with zero attached hydrogens (tertiary/aromatic N) is 4. The van der Waals surface area contributed by atoms with E-state index in [0.717, 1.165) is 44.2 Å². The van der Waals surface area contributed by atoms with Crippen molar-refractivity contribution in [3.63, 3.8) is 0 Å². The lowest BCUT2D eigenvalue weighted by Gasteiger charge is -2.31. The van der Waals surface area contributed by atoms with Crippen LogP contribution < -0.4 is 0 Å². The van der Waals surface area contributed by atoms with E-state index in [4.69, 9.17) is 24.7 Å². The second-order valence-corrected chi connectivity index (χ2v) is 12.0.